The zero-order valence-corrected chi connectivity index (χ0v) is 17.3. The number of aromatic nitrogens is 2. The van der Waals surface area contributed by atoms with Crippen LogP contribution in [0.15, 0.2) is 77.6 Å². The monoisotopic (exact) mass is 421 g/mol. The third-order valence-electron chi connectivity index (χ3n) is 4.50. The summed E-state index contributed by atoms with van der Waals surface area (Å²) in [6.45, 7) is 1.84. The topological polar surface area (TPSA) is 90.7 Å². The summed E-state index contributed by atoms with van der Waals surface area (Å²) in [4.78, 5) is 38.5. The number of carbonyl (C=O) groups excluding carboxylic acids is 2. The van der Waals surface area contributed by atoms with Crippen LogP contribution in [0.2, 0.25) is 0 Å². The average Bonchev–Trinajstić information content (AvgIpc) is 2.80. The van der Waals surface area contributed by atoms with E-state index < -0.39 is 12.1 Å². The Kier molecular flexibility index (Phi) is 7.16. The van der Waals surface area contributed by atoms with Gasteiger partial charge in [0.2, 0.25) is 0 Å². The molecule has 3 rings (SSSR count). The number of anilines is 1. The first-order valence-corrected chi connectivity index (χ1v) is 9.75. The third kappa shape index (κ3) is 5.79. The van der Waals surface area contributed by atoms with Gasteiger partial charge in [-0.05, 0) is 37.3 Å². The summed E-state index contributed by atoms with van der Waals surface area (Å²) in [5.41, 5.74) is 0.239. The maximum atomic E-state index is 12.6. The summed E-state index contributed by atoms with van der Waals surface area (Å²) in [5, 5.41) is 4.04. The number of rotatable bonds is 8. The maximum Gasteiger partial charge on any atom is 0.359 e. The molecule has 0 N–H and O–H groups in total. The van der Waals surface area contributed by atoms with Crippen LogP contribution in [0.1, 0.15) is 17.4 Å². The molecule has 1 amide bonds. The second kappa shape index (κ2) is 10.2. The van der Waals surface area contributed by atoms with Gasteiger partial charge in [0.15, 0.2) is 11.8 Å². The summed E-state index contributed by atoms with van der Waals surface area (Å²) in [6.07, 6.45) is -1.03. The Morgan fingerprint density at radius 2 is 1.65 bits per heavy atom. The summed E-state index contributed by atoms with van der Waals surface area (Å²) in [6, 6.07) is 20.7. The summed E-state index contributed by atoms with van der Waals surface area (Å²) < 4.78 is 12.0. The van der Waals surface area contributed by atoms with E-state index >= 15 is 0 Å². The highest BCUT2D eigenvalue weighted by molar-refractivity contribution is 5.98. The van der Waals surface area contributed by atoms with Crippen molar-refractivity contribution < 1.29 is 19.1 Å². The van der Waals surface area contributed by atoms with Crippen molar-refractivity contribution in [1.82, 2.24) is 9.78 Å². The number of amides is 1. The fraction of sp³-hybridized carbons (Fsp3) is 0.217. The second-order valence-electron chi connectivity index (χ2n) is 6.72. The summed E-state index contributed by atoms with van der Waals surface area (Å²) in [7, 11) is 1.60. The molecule has 8 nitrogen and oxygen atoms in total. The van der Waals surface area contributed by atoms with Gasteiger partial charge in [0.1, 0.15) is 12.4 Å². The molecule has 1 atom stereocenters. The first-order valence-electron chi connectivity index (χ1n) is 9.75. The van der Waals surface area contributed by atoms with E-state index in [2.05, 4.69) is 5.10 Å². The zero-order chi connectivity index (χ0) is 22.2. The molecule has 2 aromatic carbocycles. The first kappa shape index (κ1) is 21.8. The van der Waals surface area contributed by atoms with Crippen LogP contribution < -0.4 is 15.2 Å². The van der Waals surface area contributed by atoms with Crippen LogP contribution in [-0.2, 0) is 16.1 Å². The van der Waals surface area contributed by atoms with Crippen molar-refractivity contribution in [2.75, 3.05) is 18.6 Å². The molecule has 8 heteroatoms. The molecule has 0 aliphatic rings. The number of hydrogen-bond acceptors (Lipinski definition) is 6. The van der Waals surface area contributed by atoms with Crippen LogP contribution in [0.3, 0.4) is 0 Å². The van der Waals surface area contributed by atoms with Gasteiger partial charge >= 0.3 is 5.97 Å². The lowest BCUT2D eigenvalue weighted by molar-refractivity contribution is -0.126. The van der Waals surface area contributed by atoms with Gasteiger partial charge in [-0.25, -0.2) is 9.48 Å². The van der Waals surface area contributed by atoms with Crippen molar-refractivity contribution in [3.8, 4) is 5.75 Å². The van der Waals surface area contributed by atoms with Crippen molar-refractivity contribution >= 4 is 17.6 Å². The molecule has 0 saturated heterocycles. The number of para-hydroxylation sites is 2. The molecular formula is C23H23N3O5. The highest BCUT2D eigenvalue weighted by Gasteiger charge is 2.24. The van der Waals surface area contributed by atoms with E-state index in [0.717, 1.165) is 4.68 Å². The minimum Gasteiger partial charge on any atom is -0.492 e. The molecule has 0 aliphatic heterocycles. The molecule has 0 aliphatic carbocycles. The summed E-state index contributed by atoms with van der Waals surface area (Å²) in [5.74, 6) is -0.509. The summed E-state index contributed by atoms with van der Waals surface area (Å²) >= 11 is 0. The number of nitrogens with zero attached hydrogens (tertiary/aromatic N) is 3. The smallest absolute Gasteiger partial charge is 0.359 e. The minimum atomic E-state index is -1.03. The number of esters is 1. The molecule has 31 heavy (non-hydrogen) atoms. The third-order valence-corrected chi connectivity index (χ3v) is 4.50. The lowest BCUT2D eigenvalue weighted by atomic mass is 10.2. The number of benzene rings is 2. The van der Waals surface area contributed by atoms with Gasteiger partial charge in [-0.3, -0.25) is 9.59 Å². The molecule has 0 saturated carbocycles. The molecule has 0 spiro atoms. The number of ether oxygens (including phenoxy) is 2. The fourth-order valence-electron chi connectivity index (χ4n) is 2.81. The van der Waals surface area contributed by atoms with E-state index in [0.29, 0.717) is 11.4 Å². The van der Waals surface area contributed by atoms with Crippen molar-refractivity contribution in [2.24, 2.45) is 0 Å². The van der Waals surface area contributed by atoms with Crippen LogP contribution in [0.25, 0.3) is 0 Å². The molecule has 160 valence electrons. The van der Waals surface area contributed by atoms with Crippen molar-refractivity contribution in [1.29, 1.82) is 0 Å². The SMILES string of the molecule is CC(OC(=O)c1ccc(=O)n(CCOc2ccccc2)n1)C(=O)N(C)c1ccccc1. The Morgan fingerprint density at radius 1 is 1.00 bits per heavy atom. The van der Waals surface area contributed by atoms with Gasteiger partial charge in [-0.1, -0.05) is 36.4 Å². The molecule has 1 aromatic heterocycles. The van der Waals surface area contributed by atoms with E-state index in [-0.39, 0.29) is 30.3 Å². The van der Waals surface area contributed by atoms with Crippen molar-refractivity contribution in [3.05, 3.63) is 88.8 Å². The predicted octanol–water partition coefficient (Wildman–Crippen LogP) is 2.53. The van der Waals surface area contributed by atoms with Crippen molar-refractivity contribution in [2.45, 2.75) is 19.6 Å². The standard InChI is InChI=1S/C23H23N3O5/c1-17(22(28)25(2)18-9-5-3-6-10-18)31-23(29)20-13-14-21(27)26(24-20)15-16-30-19-11-7-4-8-12-19/h3-14,17H,15-16H2,1-2H3. The van der Waals surface area contributed by atoms with Gasteiger partial charge in [-0.2, -0.15) is 5.10 Å². The van der Waals surface area contributed by atoms with Gasteiger partial charge in [0.25, 0.3) is 11.5 Å². The molecular weight excluding hydrogens is 398 g/mol. The molecule has 3 aromatic rings. The number of hydrogen-bond donors (Lipinski definition) is 0. The van der Waals surface area contributed by atoms with Crippen LogP contribution >= 0.6 is 0 Å². The van der Waals surface area contributed by atoms with E-state index in [4.69, 9.17) is 9.47 Å². The second-order valence-corrected chi connectivity index (χ2v) is 6.72. The van der Waals surface area contributed by atoms with Gasteiger partial charge in [0, 0.05) is 18.8 Å². The molecule has 1 heterocycles. The normalized spacial score (nSPS) is 11.4. The Balaban J connectivity index is 1.61. The number of likely N-dealkylation sites (N-methyl/N-ethyl adjacent to an activating group) is 1. The lowest BCUT2D eigenvalue weighted by Gasteiger charge is -2.21. The highest BCUT2D eigenvalue weighted by atomic mass is 16.5. The fourth-order valence-corrected chi connectivity index (χ4v) is 2.81. The Bertz CT molecular complexity index is 1080. The minimum absolute atomic E-state index is 0.0682. The van der Waals surface area contributed by atoms with E-state index in [1.54, 1.807) is 31.3 Å². The van der Waals surface area contributed by atoms with Crippen molar-refractivity contribution in [3.63, 3.8) is 0 Å². The molecule has 0 bridgehead atoms. The quantitative estimate of drug-likeness (QED) is 0.519. The van der Waals surface area contributed by atoms with E-state index in [9.17, 15) is 14.4 Å². The van der Waals surface area contributed by atoms with Crippen LogP contribution in [0.5, 0.6) is 5.75 Å². The zero-order valence-electron chi connectivity index (χ0n) is 17.3. The largest absolute Gasteiger partial charge is 0.492 e. The van der Waals surface area contributed by atoms with Crippen LogP contribution in [0.4, 0.5) is 5.69 Å². The molecule has 0 fully saturated rings. The Morgan fingerprint density at radius 3 is 2.32 bits per heavy atom. The molecule has 0 radical (unpaired) electrons. The van der Waals surface area contributed by atoms with E-state index in [1.165, 1.54) is 24.0 Å². The van der Waals surface area contributed by atoms with Crippen LogP contribution in [0, 0.1) is 0 Å². The lowest BCUT2D eigenvalue weighted by Crippen LogP contribution is -2.38. The van der Waals surface area contributed by atoms with Gasteiger partial charge < -0.3 is 14.4 Å². The maximum absolute atomic E-state index is 12.6. The molecule has 1 unspecified atom stereocenters. The Hall–Kier alpha value is -3.94. The van der Waals surface area contributed by atoms with E-state index in [1.807, 2.05) is 36.4 Å². The first-order chi connectivity index (χ1) is 15.0. The highest BCUT2D eigenvalue weighted by Crippen LogP contribution is 2.13. The Labute approximate surface area is 179 Å². The van der Waals surface area contributed by atoms with Gasteiger partial charge in [0.05, 0.1) is 6.54 Å². The average molecular weight is 421 g/mol. The predicted molar refractivity (Wildman–Crippen MR) is 115 cm³/mol. The number of carbonyl (C=O) groups is 2. The van der Waals surface area contributed by atoms with Gasteiger partial charge in [-0.15, -0.1) is 0 Å². The van der Waals surface area contributed by atoms with Crippen LogP contribution in [-0.4, -0.2) is 41.4 Å².